The minimum atomic E-state index is 0.0194. The molecule has 0 aromatic heterocycles. The molecule has 0 heterocycles. The van der Waals surface area contributed by atoms with E-state index >= 15 is 0 Å². The summed E-state index contributed by atoms with van der Waals surface area (Å²) in [7, 11) is 0. The highest BCUT2D eigenvalue weighted by Crippen LogP contribution is 2.18. The Labute approximate surface area is 110 Å². The largest absolute Gasteiger partial charge is 0.349 e. The van der Waals surface area contributed by atoms with Crippen LogP contribution in [0.15, 0.2) is 34.8 Å². The minimum Gasteiger partial charge on any atom is -0.349 e. The maximum atomic E-state index is 12.0. The molecule has 1 amide bonds. The van der Waals surface area contributed by atoms with Crippen molar-refractivity contribution in [3.8, 4) is 0 Å². The van der Waals surface area contributed by atoms with Crippen LogP contribution < -0.4 is 5.32 Å². The molecule has 0 fully saturated rings. The average molecular weight is 294 g/mol. The van der Waals surface area contributed by atoms with Gasteiger partial charge in [-0.05, 0) is 43.9 Å². The molecule has 0 radical (unpaired) electrons. The Morgan fingerprint density at radius 1 is 1.41 bits per heavy atom. The highest BCUT2D eigenvalue weighted by Gasteiger charge is 2.14. The van der Waals surface area contributed by atoms with Gasteiger partial charge >= 0.3 is 0 Å². The Balaban J connectivity index is 2.03. The van der Waals surface area contributed by atoms with E-state index in [9.17, 15) is 4.79 Å². The van der Waals surface area contributed by atoms with Gasteiger partial charge in [0, 0.05) is 16.1 Å². The van der Waals surface area contributed by atoms with Gasteiger partial charge in [-0.25, -0.2) is 0 Å². The van der Waals surface area contributed by atoms with Crippen molar-refractivity contribution in [2.45, 2.75) is 32.2 Å². The third kappa shape index (κ3) is 3.19. The Morgan fingerprint density at radius 2 is 2.24 bits per heavy atom. The second-order valence-electron chi connectivity index (χ2n) is 4.42. The lowest BCUT2D eigenvalue weighted by molar-refractivity contribution is 0.0934. The van der Waals surface area contributed by atoms with Crippen LogP contribution in [-0.2, 0) is 0 Å². The van der Waals surface area contributed by atoms with Gasteiger partial charge in [0.25, 0.3) is 5.91 Å². The van der Waals surface area contributed by atoms with Gasteiger partial charge < -0.3 is 5.32 Å². The second kappa shape index (κ2) is 5.50. The van der Waals surface area contributed by atoms with Crippen LogP contribution in [0.2, 0.25) is 0 Å². The maximum absolute atomic E-state index is 12.0. The summed E-state index contributed by atoms with van der Waals surface area (Å²) in [6.07, 6.45) is 7.35. The van der Waals surface area contributed by atoms with E-state index in [0.29, 0.717) is 0 Å². The quantitative estimate of drug-likeness (QED) is 0.830. The SMILES string of the molecule is Cc1ccc(C(=O)NC2CC=CCC2)cc1Br. The van der Waals surface area contributed by atoms with Crippen molar-refractivity contribution in [1.82, 2.24) is 5.32 Å². The number of carbonyl (C=O) groups is 1. The summed E-state index contributed by atoms with van der Waals surface area (Å²) in [4.78, 5) is 12.0. The lowest BCUT2D eigenvalue weighted by Crippen LogP contribution is -2.35. The number of nitrogens with one attached hydrogen (secondary N) is 1. The standard InChI is InChI=1S/C14H16BrNO/c1-10-7-8-11(9-13(10)15)14(17)16-12-5-3-2-4-6-12/h2-3,7-9,12H,4-6H2,1H3,(H,16,17). The molecule has 1 aliphatic carbocycles. The molecule has 1 aromatic rings. The molecular weight excluding hydrogens is 278 g/mol. The Bertz CT molecular complexity index is 454. The molecule has 17 heavy (non-hydrogen) atoms. The molecular formula is C14H16BrNO. The summed E-state index contributed by atoms with van der Waals surface area (Å²) in [6, 6.07) is 5.99. The molecule has 1 aromatic carbocycles. The maximum Gasteiger partial charge on any atom is 0.251 e. The normalized spacial score (nSPS) is 19.1. The van der Waals surface area contributed by atoms with Gasteiger partial charge in [-0.1, -0.05) is 34.1 Å². The fraction of sp³-hybridized carbons (Fsp3) is 0.357. The number of rotatable bonds is 2. The molecule has 1 atom stereocenters. The summed E-state index contributed by atoms with van der Waals surface area (Å²) < 4.78 is 0.980. The molecule has 3 heteroatoms. The number of aryl methyl sites for hydroxylation is 1. The van der Waals surface area contributed by atoms with Crippen molar-refractivity contribution in [1.29, 1.82) is 0 Å². The highest BCUT2D eigenvalue weighted by atomic mass is 79.9. The summed E-state index contributed by atoms with van der Waals surface area (Å²) in [5, 5.41) is 3.07. The first kappa shape index (κ1) is 12.4. The lowest BCUT2D eigenvalue weighted by Gasteiger charge is -2.19. The Morgan fingerprint density at radius 3 is 2.88 bits per heavy atom. The molecule has 0 spiro atoms. The fourth-order valence-electron chi connectivity index (χ4n) is 1.93. The number of hydrogen-bond acceptors (Lipinski definition) is 1. The molecule has 2 nitrogen and oxygen atoms in total. The molecule has 1 aliphatic rings. The van der Waals surface area contributed by atoms with Gasteiger partial charge in [-0.15, -0.1) is 0 Å². The van der Waals surface area contributed by atoms with Crippen molar-refractivity contribution < 1.29 is 4.79 Å². The van der Waals surface area contributed by atoms with Gasteiger partial charge in [0.2, 0.25) is 0 Å². The Hall–Kier alpha value is -1.09. The van der Waals surface area contributed by atoms with E-state index in [-0.39, 0.29) is 11.9 Å². The third-order valence-electron chi connectivity index (χ3n) is 3.04. The van der Waals surface area contributed by atoms with Crippen molar-refractivity contribution >= 4 is 21.8 Å². The van der Waals surface area contributed by atoms with Crippen molar-refractivity contribution in [3.63, 3.8) is 0 Å². The van der Waals surface area contributed by atoms with Crippen LogP contribution in [0.5, 0.6) is 0 Å². The van der Waals surface area contributed by atoms with E-state index in [1.165, 1.54) is 0 Å². The van der Waals surface area contributed by atoms with E-state index in [1.807, 2.05) is 25.1 Å². The number of benzene rings is 1. The predicted octanol–water partition coefficient (Wildman–Crippen LogP) is 3.60. The number of allylic oxidation sites excluding steroid dienone is 1. The Kier molecular flexibility index (Phi) is 4.00. The molecule has 90 valence electrons. The second-order valence-corrected chi connectivity index (χ2v) is 5.27. The average Bonchev–Trinajstić information content (AvgIpc) is 2.34. The smallest absolute Gasteiger partial charge is 0.251 e. The molecule has 0 saturated heterocycles. The van der Waals surface area contributed by atoms with E-state index < -0.39 is 0 Å². The van der Waals surface area contributed by atoms with Crippen LogP contribution in [0, 0.1) is 6.92 Å². The van der Waals surface area contributed by atoms with Crippen LogP contribution in [0.4, 0.5) is 0 Å². The molecule has 0 aliphatic heterocycles. The zero-order chi connectivity index (χ0) is 12.3. The fourth-order valence-corrected chi connectivity index (χ4v) is 2.31. The third-order valence-corrected chi connectivity index (χ3v) is 3.89. The van der Waals surface area contributed by atoms with E-state index in [1.54, 1.807) is 0 Å². The highest BCUT2D eigenvalue weighted by molar-refractivity contribution is 9.10. The van der Waals surface area contributed by atoms with Crippen LogP contribution in [0.1, 0.15) is 35.2 Å². The van der Waals surface area contributed by atoms with Gasteiger partial charge in [0.05, 0.1) is 0 Å². The number of amides is 1. The van der Waals surface area contributed by atoms with E-state index in [2.05, 4.69) is 33.4 Å². The van der Waals surface area contributed by atoms with E-state index in [4.69, 9.17) is 0 Å². The summed E-state index contributed by atoms with van der Waals surface area (Å²) in [6.45, 7) is 2.01. The molecule has 2 rings (SSSR count). The molecule has 1 unspecified atom stereocenters. The number of carbonyl (C=O) groups excluding carboxylic acids is 1. The lowest BCUT2D eigenvalue weighted by atomic mass is 10.0. The van der Waals surface area contributed by atoms with Crippen LogP contribution in [0.3, 0.4) is 0 Å². The van der Waals surface area contributed by atoms with Gasteiger partial charge in [-0.3, -0.25) is 4.79 Å². The molecule has 0 saturated carbocycles. The topological polar surface area (TPSA) is 29.1 Å². The van der Waals surface area contributed by atoms with Crippen molar-refractivity contribution in [3.05, 3.63) is 46.0 Å². The van der Waals surface area contributed by atoms with Crippen LogP contribution >= 0.6 is 15.9 Å². The van der Waals surface area contributed by atoms with Gasteiger partial charge in [-0.2, -0.15) is 0 Å². The van der Waals surface area contributed by atoms with Crippen molar-refractivity contribution in [2.75, 3.05) is 0 Å². The minimum absolute atomic E-state index is 0.0194. The first-order valence-electron chi connectivity index (χ1n) is 5.89. The van der Waals surface area contributed by atoms with Gasteiger partial charge in [0.1, 0.15) is 0 Å². The number of hydrogen-bond donors (Lipinski definition) is 1. The van der Waals surface area contributed by atoms with Crippen LogP contribution in [-0.4, -0.2) is 11.9 Å². The van der Waals surface area contributed by atoms with Crippen molar-refractivity contribution in [2.24, 2.45) is 0 Å². The van der Waals surface area contributed by atoms with Gasteiger partial charge in [0.15, 0.2) is 0 Å². The zero-order valence-electron chi connectivity index (χ0n) is 9.87. The first-order valence-corrected chi connectivity index (χ1v) is 6.68. The summed E-state index contributed by atoms with van der Waals surface area (Å²) in [5.41, 5.74) is 1.86. The molecule has 0 bridgehead atoms. The predicted molar refractivity (Wildman–Crippen MR) is 73.1 cm³/mol. The summed E-state index contributed by atoms with van der Waals surface area (Å²) >= 11 is 3.45. The van der Waals surface area contributed by atoms with Crippen LogP contribution in [0.25, 0.3) is 0 Å². The monoisotopic (exact) mass is 293 g/mol. The van der Waals surface area contributed by atoms with E-state index in [0.717, 1.165) is 34.9 Å². The zero-order valence-corrected chi connectivity index (χ0v) is 11.5. The first-order chi connectivity index (χ1) is 8.16. The summed E-state index contributed by atoms with van der Waals surface area (Å²) in [5.74, 6) is 0.0194. The molecule has 1 N–H and O–H groups in total. The number of halogens is 1.